The van der Waals surface area contributed by atoms with Gasteiger partial charge in [0.05, 0.1) is 0 Å². The van der Waals surface area contributed by atoms with Gasteiger partial charge in [-0.05, 0) is 6.07 Å². The highest BCUT2D eigenvalue weighted by Gasteiger charge is 2.10. The standard InChI is InChI=1S/C7H6O/c1-2-4-7-6(3-1)5-8-7/h1-4H,5H2. The van der Waals surface area contributed by atoms with Gasteiger partial charge in [0, 0.05) is 5.56 Å². The first-order chi connectivity index (χ1) is 3.97. The molecule has 0 aromatic heterocycles. The molecule has 1 aromatic carbocycles. The smallest absolute Gasteiger partial charge is 0.126 e. The lowest BCUT2D eigenvalue weighted by Crippen LogP contribution is -2.07. The highest BCUT2D eigenvalue weighted by Crippen LogP contribution is 2.27. The van der Waals surface area contributed by atoms with Gasteiger partial charge in [0.1, 0.15) is 12.4 Å². The summed E-state index contributed by atoms with van der Waals surface area (Å²) >= 11 is 0. The first-order valence-electron chi connectivity index (χ1n) is 2.67. The molecule has 1 aliphatic rings. The van der Waals surface area contributed by atoms with Crippen molar-refractivity contribution in [1.82, 2.24) is 0 Å². The van der Waals surface area contributed by atoms with E-state index in [4.69, 9.17) is 4.74 Å². The van der Waals surface area contributed by atoms with Crippen LogP contribution in [0.2, 0.25) is 0 Å². The molecule has 2 rings (SSSR count). The maximum atomic E-state index is 5.08. The molecular weight excluding hydrogens is 100 g/mol. The Morgan fingerprint density at radius 2 is 2.12 bits per heavy atom. The lowest BCUT2D eigenvalue weighted by molar-refractivity contribution is 0.243. The van der Waals surface area contributed by atoms with E-state index in [9.17, 15) is 0 Å². The second-order valence-corrected chi connectivity index (χ2v) is 1.90. The Hall–Kier alpha value is -0.980. The van der Waals surface area contributed by atoms with Crippen molar-refractivity contribution in [3.8, 4) is 5.75 Å². The molecule has 1 aliphatic heterocycles. The van der Waals surface area contributed by atoms with Gasteiger partial charge in [0.25, 0.3) is 0 Å². The fourth-order valence-electron chi connectivity index (χ4n) is 0.839. The minimum Gasteiger partial charge on any atom is -0.488 e. The van der Waals surface area contributed by atoms with Gasteiger partial charge in [-0.1, -0.05) is 18.2 Å². The molecule has 0 radical (unpaired) electrons. The average molecular weight is 106 g/mol. The number of para-hydroxylation sites is 1. The number of benzene rings is 1. The summed E-state index contributed by atoms with van der Waals surface area (Å²) in [5.41, 5.74) is 1.33. The van der Waals surface area contributed by atoms with Crippen molar-refractivity contribution in [3.63, 3.8) is 0 Å². The second-order valence-electron chi connectivity index (χ2n) is 1.90. The van der Waals surface area contributed by atoms with Gasteiger partial charge < -0.3 is 4.74 Å². The zero-order valence-electron chi connectivity index (χ0n) is 4.42. The molecular formula is C7H6O. The van der Waals surface area contributed by atoms with Crippen LogP contribution in [0.4, 0.5) is 0 Å². The fraction of sp³-hybridized carbons (Fsp3) is 0.143. The Morgan fingerprint density at radius 1 is 1.25 bits per heavy atom. The van der Waals surface area contributed by atoms with E-state index in [0.717, 1.165) is 12.4 Å². The zero-order valence-corrected chi connectivity index (χ0v) is 4.42. The molecule has 0 bridgehead atoms. The van der Waals surface area contributed by atoms with Gasteiger partial charge in [-0.2, -0.15) is 0 Å². The summed E-state index contributed by atoms with van der Waals surface area (Å²) in [7, 11) is 0. The number of fused-ring (bicyclic) bond motifs is 1. The molecule has 0 spiro atoms. The van der Waals surface area contributed by atoms with Gasteiger partial charge in [-0.3, -0.25) is 0 Å². The fourth-order valence-corrected chi connectivity index (χ4v) is 0.839. The van der Waals surface area contributed by atoms with Gasteiger partial charge >= 0.3 is 0 Å². The van der Waals surface area contributed by atoms with Crippen molar-refractivity contribution in [3.05, 3.63) is 29.8 Å². The SMILES string of the molecule is c1ccc2c(c1)CO2. The summed E-state index contributed by atoms with van der Waals surface area (Å²) in [4.78, 5) is 0. The third kappa shape index (κ3) is 0.360. The summed E-state index contributed by atoms with van der Waals surface area (Å²) in [5, 5.41) is 0. The first kappa shape index (κ1) is 3.96. The molecule has 0 unspecified atom stereocenters. The minimum atomic E-state index is 0.802. The molecule has 0 saturated heterocycles. The van der Waals surface area contributed by atoms with Gasteiger partial charge in [0.15, 0.2) is 0 Å². The van der Waals surface area contributed by atoms with Crippen molar-refractivity contribution >= 4 is 0 Å². The van der Waals surface area contributed by atoms with Crippen LogP contribution in [0, 0.1) is 0 Å². The molecule has 40 valence electrons. The number of rotatable bonds is 0. The quantitative estimate of drug-likeness (QED) is 0.488. The van der Waals surface area contributed by atoms with Gasteiger partial charge in [-0.25, -0.2) is 0 Å². The number of hydrogen-bond acceptors (Lipinski definition) is 1. The Kier molecular flexibility index (Phi) is 0.618. The molecule has 0 N–H and O–H groups in total. The van der Waals surface area contributed by atoms with Crippen molar-refractivity contribution in [1.29, 1.82) is 0 Å². The third-order valence-electron chi connectivity index (χ3n) is 1.36. The molecule has 0 atom stereocenters. The summed E-state index contributed by atoms with van der Waals surface area (Å²) in [6.07, 6.45) is 0. The highest BCUT2D eigenvalue weighted by atomic mass is 16.5. The summed E-state index contributed by atoms with van der Waals surface area (Å²) in [6.45, 7) is 0.802. The largest absolute Gasteiger partial charge is 0.488 e. The second kappa shape index (κ2) is 1.25. The molecule has 1 heterocycles. The van der Waals surface area contributed by atoms with Crippen molar-refractivity contribution < 1.29 is 4.74 Å². The predicted octanol–water partition coefficient (Wildman–Crippen LogP) is 1.58. The molecule has 0 amide bonds. The zero-order chi connectivity index (χ0) is 5.40. The van der Waals surface area contributed by atoms with E-state index in [2.05, 4.69) is 6.07 Å². The van der Waals surface area contributed by atoms with Crippen LogP contribution in [0.15, 0.2) is 24.3 Å². The Balaban J connectivity index is 2.62. The molecule has 1 aromatic rings. The number of hydrogen-bond donors (Lipinski definition) is 0. The molecule has 8 heavy (non-hydrogen) atoms. The Labute approximate surface area is 47.9 Å². The number of ether oxygens (including phenoxy) is 1. The van der Waals surface area contributed by atoms with E-state index in [1.807, 2.05) is 18.2 Å². The monoisotopic (exact) mass is 106 g/mol. The van der Waals surface area contributed by atoms with Crippen LogP contribution in [-0.2, 0) is 6.61 Å². The van der Waals surface area contributed by atoms with E-state index < -0.39 is 0 Å². The van der Waals surface area contributed by atoms with E-state index in [0.29, 0.717) is 0 Å². The van der Waals surface area contributed by atoms with Crippen LogP contribution in [0.3, 0.4) is 0 Å². The first-order valence-corrected chi connectivity index (χ1v) is 2.67. The maximum Gasteiger partial charge on any atom is 0.126 e. The maximum absolute atomic E-state index is 5.08. The molecule has 0 saturated carbocycles. The van der Waals surface area contributed by atoms with E-state index in [-0.39, 0.29) is 0 Å². The van der Waals surface area contributed by atoms with Crippen LogP contribution in [0.25, 0.3) is 0 Å². The van der Waals surface area contributed by atoms with Gasteiger partial charge in [-0.15, -0.1) is 0 Å². The molecule has 0 fully saturated rings. The Bertz CT molecular complexity index is 182. The minimum absolute atomic E-state index is 0.802. The van der Waals surface area contributed by atoms with Crippen LogP contribution < -0.4 is 4.74 Å². The third-order valence-corrected chi connectivity index (χ3v) is 1.36. The van der Waals surface area contributed by atoms with E-state index in [1.54, 1.807) is 0 Å². The van der Waals surface area contributed by atoms with Crippen LogP contribution in [-0.4, -0.2) is 0 Å². The van der Waals surface area contributed by atoms with Crippen LogP contribution in [0.1, 0.15) is 5.56 Å². The van der Waals surface area contributed by atoms with E-state index >= 15 is 0 Å². The topological polar surface area (TPSA) is 9.23 Å². The van der Waals surface area contributed by atoms with Gasteiger partial charge in [0.2, 0.25) is 0 Å². The van der Waals surface area contributed by atoms with Crippen molar-refractivity contribution in [2.24, 2.45) is 0 Å². The highest BCUT2D eigenvalue weighted by molar-refractivity contribution is 5.37. The van der Waals surface area contributed by atoms with Crippen molar-refractivity contribution in [2.45, 2.75) is 6.61 Å². The van der Waals surface area contributed by atoms with E-state index in [1.165, 1.54) is 5.56 Å². The Morgan fingerprint density at radius 3 is 2.50 bits per heavy atom. The average Bonchev–Trinajstić information content (AvgIpc) is 1.72. The lowest BCUT2D eigenvalue weighted by Gasteiger charge is -2.18. The van der Waals surface area contributed by atoms with Crippen LogP contribution >= 0.6 is 0 Å². The summed E-state index contributed by atoms with van der Waals surface area (Å²) in [5.74, 6) is 1.05. The molecule has 1 heteroatoms. The normalized spacial score (nSPS) is 13.5. The summed E-state index contributed by atoms with van der Waals surface area (Å²) < 4.78 is 5.08. The van der Waals surface area contributed by atoms with Crippen molar-refractivity contribution in [2.75, 3.05) is 0 Å². The predicted molar refractivity (Wildman–Crippen MR) is 30.8 cm³/mol. The lowest BCUT2D eigenvalue weighted by atomic mass is 10.1. The van der Waals surface area contributed by atoms with Crippen LogP contribution in [0.5, 0.6) is 5.75 Å². The molecule has 1 nitrogen and oxygen atoms in total. The summed E-state index contributed by atoms with van der Waals surface area (Å²) in [6, 6.07) is 8.08. The molecule has 0 aliphatic carbocycles.